The molecular formula is C7H20NO4P. The first-order chi connectivity index (χ1) is 5.68. The summed E-state index contributed by atoms with van der Waals surface area (Å²) in [7, 11) is -4.89. The van der Waals surface area contributed by atoms with Crippen molar-refractivity contribution in [1.29, 1.82) is 0 Å². The van der Waals surface area contributed by atoms with Gasteiger partial charge in [0.05, 0.1) is 6.04 Å². The third-order valence-corrected chi connectivity index (χ3v) is 1.60. The SMILES string of the molecule is CCCC([NH3+])C(C)C.O=P([O-])(O)O. The molecule has 1 atom stereocenters. The second-order valence-electron chi connectivity index (χ2n) is 3.28. The molecule has 0 saturated carbocycles. The number of hydrogen-bond donors (Lipinski definition) is 3. The fourth-order valence-corrected chi connectivity index (χ4v) is 0.704. The van der Waals surface area contributed by atoms with Gasteiger partial charge in [0.2, 0.25) is 0 Å². The standard InChI is InChI=1S/C7H17N.H3O4P/c1-4-5-7(8)6(2)3;1-5(2,3)4/h6-7H,4-5,8H2,1-3H3;(H3,1,2,3,4). The van der Waals surface area contributed by atoms with Crippen molar-refractivity contribution in [2.45, 2.75) is 39.7 Å². The summed E-state index contributed by atoms with van der Waals surface area (Å²) >= 11 is 0. The molecule has 0 rings (SSSR count). The molecule has 0 aliphatic heterocycles. The number of rotatable bonds is 3. The summed E-state index contributed by atoms with van der Waals surface area (Å²) in [4.78, 5) is 22.9. The first-order valence-corrected chi connectivity index (χ1v) is 5.81. The van der Waals surface area contributed by atoms with Crippen molar-refractivity contribution in [2.24, 2.45) is 5.92 Å². The van der Waals surface area contributed by atoms with Crippen LogP contribution in [0.25, 0.3) is 0 Å². The molecule has 13 heavy (non-hydrogen) atoms. The zero-order valence-corrected chi connectivity index (χ0v) is 9.33. The topological polar surface area (TPSA) is 108 Å². The van der Waals surface area contributed by atoms with Gasteiger partial charge in [0.25, 0.3) is 7.82 Å². The van der Waals surface area contributed by atoms with Gasteiger partial charge in [0.15, 0.2) is 0 Å². The van der Waals surface area contributed by atoms with Crippen molar-refractivity contribution >= 4 is 7.82 Å². The van der Waals surface area contributed by atoms with Gasteiger partial charge in [0.1, 0.15) is 0 Å². The van der Waals surface area contributed by atoms with Crippen LogP contribution in [0.4, 0.5) is 0 Å². The minimum atomic E-state index is -4.89. The highest BCUT2D eigenvalue weighted by molar-refractivity contribution is 7.43. The Bertz CT molecular complexity index is 148. The van der Waals surface area contributed by atoms with E-state index in [9.17, 15) is 0 Å². The van der Waals surface area contributed by atoms with Crippen molar-refractivity contribution in [2.75, 3.05) is 0 Å². The number of hydrogen-bond acceptors (Lipinski definition) is 2. The van der Waals surface area contributed by atoms with Gasteiger partial charge in [0, 0.05) is 5.92 Å². The maximum absolute atomic E-state index is 8.77. The Labute approximate surface area is 79.2 Å². The molecule has 5 N–H and O–H groups in total. The summed E-state index contributed by atoms with van der Waals surface area (Å²) in [6.07, 6.45) is 2.55. The van der Waals surface area contributed by atoms with Gasteiger partial charge in [-0.1, -0.05) is 27.2 Å². The fraction of sp³-hybridized carbons (Fsp3) is 1.00. The van der Waals surface area contributed by atoms with E-state index in [1.807, 2.05) is 0 Å². The molecule has 0 aromatic carbocycles. The van der Waals surface area contributed by atoms with E-state index in [0.717, 1.165) is 5.92 Å². The van der Waals surface area contributed by atoms with Gasteiger partial charge in [-0.15, -0.1) is 0 Å². The minimum absolute atomic E-state index is 0.667. The Hall–Kier alpha value is 0.0700. The zero-order chi connectivity index (χ0) is 11.1. The van der Waals surface area contributed by atoms with Crippen molar-refractivity contribution in [3.8, 4) is 0 Å². The van der Waals surface area contributed by atoms with Crippen LogP contribution in [-0.4, -0.2) is 15.8 Å². The highest BCUT2D eigenvalue weighted by atomic mass is 31.2. The monoisotopic (exact) mass is 213 g/mol. The molecule has 0 bridgehead atoms. The first-order valence-electron chi connectivity index (χ1n) is 4.28. The van der Waals surface area contributed by atoms with Crippen LogP contribution in [0.3, 0.4) is 0 Å². The van der Waals surface area contributed by atoms with Gasteiger partial charge >= 0.3 is 0 Å². The van der Waals surface area contributed by atoms with Gasteiger partial charge in [-0.3, -0.25) is 4.57 Å². The summed E-state index contributed by atoms with van der Waals surface area (Å²) in [5, 5.41) is 0. The Morgan fingerprint density at radius 1 is 1.46 bits per heavy atom. The molecular weight excluding hydrogens is 193 g/mol. The number of phosphoric acid groups is 1. The normalized spacial score (nSPS) is 13.5. The van der Waals surface area contributed by atoms with Crippen LogP contribution in [0.5, 0.6) is 0 Å². The summed E-state index contributed by atoms with van der Waals surface area (Å²) in [6, 6.07) is 0.667. The molecule has 0 aromatic heterocycles. The van der Waals surface area contributed by atoms with Crippen molar-refractivity contribution in [3.05, 3.63) is 0 Å². The molecule has 0 aliphatic carbocycles. The van der Waals surface area contributed by atoms with Crippen molar-refractivity contribution < 1.29 is 25.0 Å². The Morgan fingerprint density at radius 2 is 1.77 bits per heavy atom. The predicted molar refractivity (Wildman–Crippen MR) is 48.5 cm³/mol. The minimum Gasteiger partial charge on any atom is -0.756 e. The largest absolute Gasteiger partial charge is 0.756 e. The molecule has 0 fully saturated rings. The summed E-state index contributed by atoms with van der Waals surface area (Å²) in [6.45, 7) is 6.67. The molecule has 0 aromatic rings. The summed E-state index contributed by atoms with van der Waals surface area (Å²) in [5.41, 5.74) is 4.03. The first kappa shape index (κ1) is 15.5. The van der Waals surface area contributed by atoms with Crippen LogP contribution < -0.4 is 10.6 Å². The predicted octanol–water partition coefficient (Wildman–Crippen LogP) is -0.508. The van der Waals surface area contributed by atoms with Crippen LogP contribution in [-0.2, 0) is 4.57 Å². The summed E-state index contributed by atoms with van der Waals surface area (Å²) < 4.78 is 8.77. The molecule has 6 heteroatoms. The maximum Gasteiger partial charge on any atom is 0.262 e. The van der Waals surface area contributed by atoms with Crippen molar-refractivity contribution in [1.82, 2.24) is 0 Å². The molecule has 0 radical (unpaired) electrons. The van der Waals surface area contributed by atoms with Crippen molar-refractivity contribution in [3.63, 3.8) is 0 Å². The number of quaternary nitrogens is 1. The van der Waals surface area contributed by atoms with Gasteiger partial charge < -0.3 is 20.4 Å². The lowest BCUT2D eigenvalue weighted by Gasteiger charge is -2.09. The molecule has 0 aliphatic rings. The van der Waals surface area contributed by atoms with E-state index in [0.29, 0.717) is 6.04 Å². The van der Waals surface area contributed by atoms with Crippen LogP contribution in [0.1, 0.15) is 33.6 Å². The Morgan fingerprint density at radius 3 is 1.85 bits per heavy atom. The van der Waals surface area contributed by atoms with E-state index in [1.165, 1.54) is 12.8 Å². The molecule has 1 unspecified atom stereocenters. The molecule has 0 heterocycles. The highest BCUT2D eigenvalue weighted by Crippen LogP contribution is 2.18. The van der Waals surface area contributed by atoms with Gasteiger partial charge in [-0.25, -0.2) is 0 Å². The van der Waals surface area contributed by atoms with Crippen LogP contribution in [0, 0.1) is 5.92 Å². The van der Waals surface area contributed by atoms with Crippen LogP contribution in [0.2, 0.25) is 0 Å². The molecule has 82 valence electrons. The molecule has 0 spiro atoms. The summed E-state index contributed by atoms with van der Waals surface area (Å²) in [5.74, 6) is 0.759. The van der Waals surface area contributed by atoms with Crippen LogP contribution >= 0.6 is 7.82 Å². The average molecular weight is 213 g/mol. The van der Waals surface area contributed by atoms with E-state index < -0.39 is 7.82 Å². The Balaban J connectivity index is 0. The smallest absolute Gasteiger partial charge is 0.262 e. The van der Waals surface area contributed by atoms with E-state index in [1.54, 1.807) is 0 Å². The van der Waals surface area contributed by atoms with E-state index >= 15 is 0 Å². The van der Waals surface area contributed by atoms with Gasteiger partial charge in [-0.2, -0.15) is 0 Å². The lowest BCUT2D eigenvalue weighted by atomic mass is 10.0. The third-order valence-electron chi connectivity index (χ3n) is 1.60. The second-order valence-corrected chi connectivity index (χ2v) is 4.26. The molecule has 0 saturated heterocycles. The average Bonchev–Trinajstić information content (AvgIpc) is 1.84. The molecule has 0 amide bonds. The molecule has 5 nitrogen and oxygen atoms in total. The highest BCUT2D eigenvalue weighted by Gasteiger charge is 2.07. The van der Waals surface area contributed by atoms with E-state index in [2.05, 4.69) is 26.5 Å². The van der Waals surface area contributed by atoms with Gasteiger partial charge in [-0.05, 0) is 6.42 Å². The maximum atomic E-state index is 8.77. The third kappa shape index (κ3) is 24.5. The van der Waals surface area contributed by atoms with E-state index in [4.69, 9.17) is 19.2 Å². The lowest BCUT2D eigenvalue weighted by Crippen LogP contribution is -2.63. The fourth-order valence-electron chi connectivity index (χ4n) is 0.704. The Kier molecular flexibility index (Phi) is 8.93. The zero-order valence-electron chi connectivity index (χ0n) is 8.43. The quantitative estimate of drug-likeness (QED) is 0.549. The lowest BCUT2D eigenvalue weighted by molar-refractivity contribution is -0.432. The van der Waals surface area contributed by atoms with Crippen LogP contribution in [0.15, 0.2) is 0 Å². The second kappa shape index (κ2) is 7.47. The van der Waals surface area contributed by atoms with E-state index in [-0.39, 0.29) is 0 Å².